The Hall–Kier alpha value is -4.06. The molecule has 1 N–H and O–H groups in total. The SMILES string of the molecule is Cc1ccc(C2=C(c3ccccc3)C(c3ccccc3)=C(c3ccc(S(=O)(=O)O)cc3)C2=O)cc1. The number of aryl methyl sites for hydroxylation is 1. The molecule has 0 spiro atoms. The largest absolute Gasteiger partial charge is 0.294 e. The Morgan fingerprint density at radius 3 is 1.29 bits per heavy atom. The quantitative estimate of drug-likeness (QED) is 0.340. The Morgan fingerprint density at radius 1 is 0.514 bits per heavy atom. The Kier molecular flexibility index (Phi) is 5.81. The lowest BCUT2D eigenvalue weighted by Gasteiger charge is -2.13. The molecule has 172 valence electrons. The first-order valence-electron chi connectivity index (χ1n) is 11.1. The van der Waals surface area contributed by atoms with E-state index in [4.69, 9.17) is 0 Å². The molecule has 4 aromatic carbocycles. The number of carbonyl (C=O) groups is 1. The van der Waals surface area contributed by atoms with Gasteiger partial charge in [-0.3, -0.25) is 9.35 Å². The molecule has 0 atom stereocenters. The number of carbonyl (C=O) groups excluding carboxylic acids is 1. The number of rotatable bonds is 5. The Labute approximate surface area is 204 Å². The number of allylic oxidation sites excluding steroid dienone is 4. The van der Waals surface area contributed by atoms with Crippen molar-refractivity contribution in [2.75, 3.05) is 0 Å². The molecule has 5 heteroatoms. The number of hydrogen-bond acceptors (Lipinski definition) is 3. The highest BCUT2D eigenvalue weighted by Gasteiger charge is 2.35. The summed E-state index contributed by atoms with van der Waals surface area (Å²) in [5.74, 6) is -0.133. The first-order chi connectivity index (χ1) is 16.8. The zero-order valence-electron chi connectivity index (χ0n) is 19.0. The van der Waals surface area contributed by atoms with Crippen molar-refractivity contribution in [1.82, 2.24) is 0 Å². The minimum absolute atomic E-state index is 0.133. The van der Waals surface area contributed by atoms with Crippen LogP contribution in [0.5, 0.6) is 0 Å². The van der Waals surface area contributed by atoms with Crippen LogP contribution in [0, 0.1) is 6.92 Å². The highest BCUT2D eigenvalue weighted by Crippen LogP contribution is 2.49. The molecule has 0 unspecified atom stereocenters. The maximum Gasteiger partial charge on any atom is 0.294 e. The number of benzene rings is 4. The molecule has 1 aliphatic rings. The van der Waals surface area contributed by atoms with Crippen molar-refractivity contribution in [3.63, 3.8) is 0 Å². The van der Waals surface area contributed by atoms with Crippen LogP contribution in [0.25, 0.3) is 22.3 Å². The van der Waals surface area contributed by atoms with Gasteiger partial charge in [0.15, 0.2) is 5.78 Å². The molecule has 0 bridgehead atoms. The summed E-state index contributed by atoms with van der Waals surface area (Å²) >= 11 is 0. The van der Waals surface area contributed by atoms with E-state index in [0.29, 0.717) is 16.7 Å². The van der Waals surface area contributed by atoms with Gasteiger partial charge in [0, 0.05) is 22.3 Å². The smallest absolute Gasteiger partial charge is 0.289 e. The topological polar surface area (TPSA) is 71.4 Å². The summed E-state index contributed by atoms with van der Waals surface area (Å²) in [6, 6.07) is 33.2. The second-order valence-electron chi connectivity index (χ2n) is 8.43. The third kappa shape index (κ3) is 4.28. The first-order valence-corrected chi connectivity index (χ1v) is 12.6. The normalized spacial score (nSPS) is 14.1. The van der Waals surface area contributed by atoms with Crippen molar-refractivity contribution in [1.29, 1.82) is 0 Å². The summed E-state index contributed by atoms with van der Waals surface area (Å²) in [6.07, 6.45) is 0. The molecule has 5 rings (SSSR count). The van der Waals surface area contributed by atoms with Crippen LogP contribution in [0.2, 0.25) is 0 Å². The lowest BCUT2D eigenvalue weighted by atomic mass is 9.89. The van der Waals surface area contributed by atoms with E-state index in [1.807, 2.05) is 91.9 Å². The van der Waals surface area contributed by atoms with E-state index in [1.54, 1.807) is 12.1 Å². The maximum atomic E-state index is 14.2. The van der Waals surface area contributed by atoms with E-state index >= 15 is 0 Å². The van der Waals surface area contributed by atoms with Crippen molar-refractivity contribution in [2.45, 2.75) is 11.8 Å². The molecule has 0 heterocycles. The van der Waals surface area contributed by atoms with E-state index in [2.05, 4.69) is 0 Å². The molecule has 0 amide bonds. The number of Topliss-reactive ketones (excluding diaryl/α,β-unsaturated/α-hetero) is 1. The van der Waals surface area contributed by atoms with Gasteiger partial charge in [-0.25, -0.2) is 0 Å². The standard InChI is InChI=1S/C30H22O4S/c1-20-12-14-23(15-13-20)28-26(21-8-4-2-5-9-21)27(22-10-6-3-7-11-22)29(30(28)31)24-16-18-25(19-17-24)35(32,33)34/h2-19H,1H3,(H,32,33,34). The van der Waals surface area contributed by atoms with Crippen LogP contribution in [-0.4, -0.2) is 18.8 Å². The summed E-state index contributed by atoms with van der Waals surface area (Å²) in [5.41, 5.74) is 7.01. The van der Waals surface area contributed by atoms with Crippen LogP contribution >= 0.6 is 0 Å². The van der Waals surface area contributed by atoms with E-state index < -0.39 is 10.1 Å². The molecule has 0 saturated heterocycles. The zero-order chi connectivity index (χ0) is 24.6. The van der Waals surface area contributed by atoms with E-state index in [-0.39, 0.29) is 10.7 Å². The van der Waals surface area contributed by atoms with E-state index in [0.717, 1.165) is 33.4 Å². The molecule has 0 radical (unpaired) electrons. The molecular formula is C30H22O4S. The summed E-state index contributed by atoms with van der Waals surface area (Å²) < 4.78 is 32.6. The lowest BCUT2D eigenvalue weighted by Crippen LogP contribution is -2.03. The highest BCUT2D eigenvalue weighted by atomic mass is 32.2. The van der Waals surface area contributed by atoms with Crippen LogP contribution in [0.3, 0.4) is 0 Å². The Morgan fingerprint density at radius 2 is 0.886 bits per heavy atom. The van der Waals surface area contributed by atoms with Gasteiger partial charge >= 0.3 is 0 Å². The minimum atomic E-state index is -4.35. The second kappa shape index (κ2) is 8.95. The van der Waals surface area contributed by atoms with Crippen LogP contribution in [0.1, 0.15) is 27.8 Å². The molecule has 4 aromatic rings. The van der Waals surface area contributed by atoms with E-state index in [1.165, 1.54) is 12.1 Å². The average molecular weight is 479 g/mol. The fourth-order valence-electron chi connectivity index (χ4n) is 4.45. The van der Waals surface area contributed by atoms with Crippen LogP contribution in [-0.2, 0) is 14.9 Å². The third-order valence-electron chi connectivity index (χ3n) is 6.11. The summed E-state index contributed by atoms with van der Waals surface area (Å²) in [6.45, 7) is 2.00. The van der Waals surface area contributed by atoms with Crippen molar-refractivity contribution >= 4 is 38.2 Å². The fourth-order valence-corrected chi connectivity index (χ4v) is 4.93. The van der Waals surface area contributed by atoms with Gasteiger partial charge in [0.2, 0.25) is 0 Å². The molecule has 0 aromatic heterocycles. The molecular weight excluding hydrogens is 456 g/mol. The van der Waals surface area contributed by atoms with Gasteiger partial charge in [0.05, 0.1) is 4.90 Å². The summed E-state index contributed by atoms with van der Waals surface area (Å²) in [5, 5.41) is 0. The first kappa shape index (κ1) is 22.7. The summed E-state index contributed by atoms with van der Waals surface area (Å²) in [7, 11) is -4.35. The van der Waals surface area contributed by atoms with Crippen LogP contribution in [0.4, 0.5) is 0 Å². The number of ketones is 1. The average Bonchev–Trinajstić information content (AvgIpc) is 3.18. The minimum Gasteiger partial charge on any atom is -0.289 e. The lowest BCUT2D eigenvalue weighted by molar-refractivity contribution is -0.108. The zero-order valence-corrected chi connectivity index (χ0v) is 19.8. The van der Waals surface area contributed by atoms with Gasteiger partial charge in [0.25, 0.3) is 10.1 Å². The predicted octanol–water partition coefficient (Wildman–Crippen LogP) is 6.35. The van der Waals surface area contributed by atoms with Crippen LogP contribution in [0.15, 0.2) is 114 Å². The maximum absolute atomic E-state index is 14.2. The molecule has 0 fully saturated rings. The third-order valence-corrected chi connectivity index (χ3v) is 6.98. The van der Waals surface area contributed by atoms with Gasteiger partial charge < -0.3 is 0 Å². The predicted molar refractivity (Wildman–Crippen MR) is 139 cm³/mol. The summed E-state index contributed by atoms with van der Waals surface area (Å²) in [4.78, 5) is 13.9. The Bertz CT molecular complexity index is 1580. The van der Waals surface area contributed by atoms with Crippen molar-refractivity contribution < 1.29 is 17.8 Å². The fraction of sp³-hybridized carbons (Fsp3) is 0.0333. The number of hydrogen-bond donors (Lipinski definition) is 1. The van der Waals surface area contributed by atoms with Crippen molar-refractivity contribution in [3.8, 4) is 0 Å². The van der Waals surface area contributed by atoms with Gasteiger partial charge in [-0.1, -0.05) is 103 Å². The van der Waals surface area contributed by atoms with Gasteiger partial charge in [-0.2, -0.15) is 8.42 Å². The van der Waals surface area contributed by atoms with E-state index in [9.17, 15) is 17.8 Å². The highest BCUT2D eigenvalue weighted by molar-refractivity contribution is 7.85. The molecule has 35 heavy (non-hydrogen) atoms. The van der Waals surface area contributed by atoms with Gasteiger partial charge in [-0.15, -0.1) is 0 Å². The van der Waals surface area contributed by atoms with Gasteiger partial charge in [0.1, 0.15) is 0 Å². The second-order valence-corrected chi connectivity index (χ2v) is 9.85. The molecule has 4 nitrogen and oxygen atoms in total. The van der Waals surface area contributed by atoms with Crippen molar-refractivity contribution in [2.24, 2.45) is 0 Å². The Balaban J connectivity index is 1.83. The van der Waals surface area contributed by atoms with Crippen LogP contribution < -0.4 is 0 Å². The monoisotopic (exact) mass is 478 g/mol. The molecule has 0 aliphatic heterocycles. The van der Waals surface area contributed by atoms with Crippen molar-refractivity contribution in [3.05, 3.63) is 137 Å². The van der Waals surface area contributed by atoms with Gasteiger partial charge in [-0.05, 0) is 41.3 Å². The molecule has 1 aliphatic carbocycles. The molecule has 0 saturated carbocycles.